The molecule has 0 heterocycles. The van der Waals surface area contributed by atoms with Crippen LogP contribution in [0.4, 0.5) is 0 Å². The van der Waals surface area contributed by atoms with Gasteiger partial charge >= 0.3 is 0 Å². The highest BCUT2D eigenvalue weighted by molar-refractivity contribution is 5.78. The van der Waals surface area contributed by atoms with Crippen LogP contribution in [0.15, 0.2) is 29.4 Å². The molecular weight excluding hydrogens is 190 g/mol. The molecule has 0 aliphatic carbocycles. The first-order chi connectivity index (χ1) is 7.11. The topological polar surface area (TPSA) is 41.8 Å². The van der Waals surface area contributed by atoms with Crippen LogP contribution in [0.3, 0.4) is 0 Å². The van der Waals surface area contributed by atoms with Gasteiger partial charge in [-0.1, -0.05) is 29.4 Å². The molecule has 1 rings (SSSR count). The maximum Gasteiger partial charge on any atom is 0.147 e. The second kappa shape index (κ2) is 5.51. The zero-order valence-corrected chi connectivity index (χ0v) is 9.40. The molecule has 82 valence electrons. The molecule has 0 amide bonds. The lowest BCUT2D eigenvalue weighted by atomic mass is 10.0. The van der Waals surface area contributed by atoms with Crippen molar-refractivity contribution < 1.29 is 9.94 Å². The van der Waals surface area contributed by atoms with Crippen molar-refractivity contribution in [2.75, 3.05) is 6.61 Å². The van der Waals surface area contributed by atoms with E-state index in [-0.39, 0.29) is 6.61 Å². The maximum atomic E-state index is 9.82. The number of oxime groups is 1. The standard InChI is InChI=1S/C12H17NO2/c1-9(2)13-15-8-12(14)11-7-5-4-6-10(11)3/h4-7,12,14H,8H2,1-3H3/t12-/m0/s1. The van der Waals surface area contributed by atoms with E-state index in [0.29, 0.717) is 0 Å². The van der Waals surface area contributed by atoms with Crippen molar-refractivity contribution in [3.63, 3.8) is 0 Å². The first-order valence-corrected chi connectivity index (χ1v) is 4.98. The second-order valence-electron chi connectivity index (χ2n) is 3.71. The first-order valence-electron chi connectivity index (χ1n) is 4.98. The third kappa shape index (κ3) is 3.72. The predicted octanol–water partition coefficient (Wildman–Crippen LogP) is 2.44. The van der Waals surface area contributed by atoms with Gasteiger partial charge in [-0.25, -0.2) is 0 Å². The van der Waals surface area contributed by atoms with Gasteiger partial charge in [-0.05, 0) is 31.9 Å². The molecule has 1 N–H and O–H groups in total. The fourth-order valence-electron chi connectivity index (χ4n) is 1.29. The molecule has 3 nitrogen and oxygen atoms in total. The van der Waals surface area contributed by atoms with Gasteiger partial charge in [-0.15, -0.1) is 0 Å². The monoisotopic (exact) mass is 207 g/mol. The van der Waals surface area contributed by atoms with Crippen molar-refractivity contribution in [1.82, 2.24) is 0 Å². The first kappa shape index (κ1) is 11.7. The maximum absolute atomic E-state index is 9.82. The highest BCUT2D eigenvalue weighted by Crippen LogP contribution is 2.17. The number of benzene rings is 1. The molecule has 0 aliphatic heterocycles. The molecule has 0 saturated heterocycles. The fraction of sp³-hybridized carbons (Fsp3) is 0.417. The van der Waals surface area contributed by atoms with Crippen LogP contribution in [0.25, 0.3) is 0 Å². The summed E-state index contributed by atoms with van der Waals surface area (Å²) in [6.07, 6.45) is -0.616. The Balaban J connectivity index is 2.58. The summed E-state index contributed by atoms with van der Waals surface area (Å²) in [6, 6.07) is 7.71. The molecule has 1 aromatic carbocycles. The van der Waals surface area contributed by atoms with E-state index in [0.717, 1.165) is 16.8 Å². The molecule has 1 aromatic rings. The van der Waals surface area contributed by atoms with Gasteiger partial charge in [-0.2, -0.15) is 0 Å². The zero-order valence-electron chi connectivity index (χ0n) is 9.40. The zero-order chi connectivity index (χ0) is 11.3. The minimum Gasteiger partial charge on any atom is -0.393 e. The van der Waals surface area contributed by atoms with E-state index in [9.17, 15) is 5.11 Å². The third-order valence-electron chi connectivity index (χ3n) is 2.03. The number of rotatable bonds is 4. The average Bonchev–Trinajstić information content (AvgIpc) is 2.17. The minimum absolute atomic E-state index is 0.191. The van der Waals surface area contributed by atoms with Crippen LogP contribution >= 0.6 is 0 Å². The summed E-state index contributed by atoms with van der Waals surface area (Å²) < 4.78 is 0. The number of aliphatic hydroxyl groups excluding tert-OH is 1. The van der Waals surface area contributed by atoms with Gasteiger partial charge in [0.2, 0.25) is 0 Å². The molecule has 0 radical (unpaired) electrons. The van der Waals surface area contributed by atoms with E-state index in [1.807, 2.05) is 45.0 Å². The summed E-state index contributed by atoms with van der Waals surface area (Å²) in [6.45, 7) is 5.85. The van der Waals surface area contributed by atoms with Gasteiger partial charge in [0.05, 0.1) is 5.71 Å². The number of aryl methyl sites for hydroxylation is 1. The lowest BCUT2D eigenvalue weighted by Gasteiger charge is -2.12. The molecule has 0 aromatic heterocycles. The Bertz CT molecular complexity index is 343. The van der Waals surface area contributed by atoms with Crippen molar-refractivity contribution in [3.8, 4) is 0 Å². The molecule has 0 saturated carbocycles. The molecule has 15 heavy (non-hydrogen) atoms. The number of nitrogens with zero attached hydrogens (tertiary/aromatic N) is 1. The normalized spacial score (nSPS) is 12.0. The molecule has 3 heteroatoms. The fourth-order valence-corrected chi connectivity index (χ4v) is 1.29. The van der Waals surface area contributed by atoms with Gasteiger partial charge in [-0.3, -0.25) is 0 Å². The van der Waals surface area contributed by atoms with Crippen LogP contribution in [-0.2, 0) is 4.84 Å². The van der Waals surface area contributed by atoms with Crippen LogP contribution < -0.4 is 0 Å². The largest absolute Gasteiger partial charge is 0.393 e. The highest BCUT2D eigenvalue weighted by Gasteiger charge is 2.09. The Labute approximate surface area is 90.4 Å². The summed E-state index contributed by atoms with van der Waals surface area (Å²) in [5.74, 6) is 0. The molecule has 1 atom stereocenters. The molecule has 0 unspecified atom stereocenters. The van der Waals surface area contributed by atoms with Crippen molar-refractivity contribution in [1.29, 1.82) is 0 Å². The van der Waals surface area contributed by atoms with E-state index < -0.39 is 6.10 Å². The summed E-state index contributed by atoms with van der Waals surface area (Å²) in [5.41, 5.74) is 2.79. The van der Waals surface area contributed by atoms with Crippen LogP contribution in [0.1, 0.15) is 31.1 Å². The van der Waals surface area contributed by atoms with E-state index in [1.165, 1.54) is 0 Å². The van der Waals surface area contributed by atoms with Gasteiger partial charge in [0.1, 0.15) is 12.7 Å². The molecule has 0 bridgehead atoms. The van der Waals surface area contributed by atoms with Gasteiger partial charge in [0.25, 0.3) is 0 Å². The Morgan fingerprint density at radius 2 is 2.07 bits per heavy atom. The number of hydrogen-bond donors (Lipinski definition) is 1. The molecular formula is C12H17NO2. The van der Waals surface area contributed by atoms with Crippen molar-refractivity contribution in [2.24, 2.45) is 5.16 Å². The molecule has 0 fully saturated rings. The summed E-state index contributed by atoms with van der Waals surface area (Å²) >= 11 is 0. The number of hydrogen-bond acceptors (Lipinski definition) is 3. The quantitative estimate of drug-likeness (QED) is 0.608. The van der Waals surface area contributed by atoms with E-state index in [2.05, 4.69) is 5.16 Å². The van der Waals surface area contributed by atoms with E-state index >= 15 is 0 Å². The lowest BCUT2D eigenvalue weighted by molar-refractivity contribution is 0.0390. The van der Waals surface area contributed by atoms with Crippen molar-refractivity contribution in [2.45, 2.75) is 26.9 Å². The van der Waals surface area contributed by atoms with Gasteiger partial charge in [0.15, 0.2) is 0 Å². The molecule has 0 spiro atoms. The summed E-state index contributed by atoms with van der Waals surface area (Å²) in [5, 5.41) is 13.6. The SMILES string of the molecule is CC(C)=NOC[C@H](O)c1ccccc1C. The van der Waals surface area contributed by atoms with Gasteiger partial charge < -0.3 is 9.94 Å². The summed E-state index contributed by atoms with van der Waals surface area (Å²) in [4.78, 5) is 5.00. The van der Waals surface area contributed by atoms with Crippen LogP contribution in [0.2, 0.25) is 0 Å². The molecule has 0 aliphatic rings. The minimum atomic E-state index is -0.616. The average molecular weight is 207 g/mol. The van der Waals surface area contributed by atoms with E-state index in [4.69, 9.17) is 4.84 Å². The smallest absolute Gasteiger partial charge is 0.147 e. The summed E-state index contributed by atoms with van der Waals surface area (Å²) in [7, 11) is 0. The van der Waals surface area contributed by atoms with Crippen LogP contribution in [-0.4, -0.2) is 17.4 Å². The van der Waals surface area contributed by atoms with Crippen LogP contribution in [0.5, 0.6) is 0 Å². The Morgan fingerprint density at radius 1 is 1.40 bits per heavy atom. The van der Waals surface area contributed by atoms with Crippen LogP contribution in [0, 0.1) is 6.92 Å². The van der Waals surface area contributed by atoms with Crippen molar-refractivity contribution in [3.05, 3.63) is 35.4 Å². The van der Waals surface area contributed by atoms with Gasteiger partial charge in [0, 0.05) is 0 Å². The number of aliphatic hydroxyl groups is 1. The Kier molecular flexibility index (Phi) is 4.31. The second-order valence-corrected chi connectivity index (χ2v) is 3.71. The predicted molar refractivity (Wildman–Crippen MR) is 60.9 cm³/mol. The third-order valence-corrected chi connectivity index (χ3v) is 2.03. The van der Waals surface area contributed by atoms with Crippen molar-refractivity contribution >= 4 is 5.71 Å². The lowest BCUT2D eigenvalue weighted by Crippen LogP contribution is -2.06. The Hall–Kier alpha value is -1.35. The highest BCUT2D eigenvalue weighted by atomic mass is 16.6. The Morgan fingerprint density at radius 3 is 2.67 bits per heavy atom. The van der Waals surface area contributed by atoms with E-state index in [1.54, 1.807) is 0 Å².